The number of unbranched alkanes of at least 4 members (excludes halogenated alkanes) is 18. The van der Waals surface area contributed by atoms with Crippen molar-refractivity contribution in [2.45, 2.75) is 245 Å². The van der Waals surface area contributed by atoms with Crippen LogP contribution in [0.15, 0.2) is 12.1 Å². The summed E-state index contributed by atoms with van der Waals surface area (Å²) in [6, 6.07) is 5.00. The molecule has 2 heteroatoms. The van der Waals surface area contributed by atoms with Gasteiger partial charge >= 0.3 is 0 Å². The Morgan fingerprint density at radius 3 is 0.804 bits per heavy atom. The van der Waals surface area contributed by atoms with Crippen molar-refractivity contribution < 1.29 is 0 Å². The van der Waals surface area contributed by atoms with Crippen molar-refractivity contribution in [1.29, 1.82) is 0 Å². The van der Waals surface area contributed by atoms with Gasteiger partial charge in [0.25, 0.3) is 0 Å². The first kappa shape index (κ1) is 43.8. The molecule has 1 rings (SSSR count). The smallest absolute Gasteiger partial charge is 0.0632 e. The molecule has 0 nitrogen and oxygen atoms in total. The van der Waals surface area contributed by atoms with Crippen LogP contribution in [0, 0.1) is 0 Å². The van der Waals surface area contributed by atoms with Crippen LogP contribution in [0.1, 0.15) is 245 Å². The van der Waals surface area contributed by atoms with E-state index in [4.69, 9.17) is 23.2 Å². The monoisotopic (exact) mass is 679 g/mol. The number of hydrogen-bond acceptors (Lipinski definition) is 0. The van der Waals surface area contributed by atoms with Crippen molar-refractivity contribution in [3.8, 4) is 0 Å². The molecule has 0 radical (unpaired) electrons. The second-order valence-electron chi connectivity index (χ2n) is 15.2. The van der Waals surface area contributed by atoms with Gasteiger partial charge in [0.2, 0.25) is 0 Å². The molecular formula is C44H80Cl2. The van der Waals surface area contributed by atoms with E-state index >= 15 is 0 Å². The lowest BCUT2D eigenvalue weighted by molar-refractivity contribution is 0.297. The quantitative estimate of drug-likeness (QED) is 0.0665. The molecule has 0 saturated heterocycles. The van der Waals surface area contributed by atoms with Gasteiger partial charge in [-0.3, -0.25) is 0 Å². The van der Waals surface area contributed by atoms with Crippen LogP contribution in [0.2, 0.25) is 10.0 Å². The molecular weight excluding hydrogens is 599 g/mol. The maximum atomic E-state index is 7.60. The second-order valence-corrected chi connectivity index (χ2v) is 16.0. The standard InChI is InChI=1S/C44H80Cl2/c1-7-13-19-22-25-28-36-44(37-29-26-23-20-14-8-2,38-30-27-24-21-15-9-3)40-32-31-39(41(45)42(40)46)43(33-16-10-4,34-17-11-5)35-18-12-6/h31-32H,7-30,33-38H2,1-6H3. The molecule has 0 spiro atoms. The van der Waals surface area contributed by atoms with Crippen LogP contribution in [-0.2, 0) is 10.8 Å². The molecule has 0 aliphatic carbocycles. The fraction of sp³-hybridized carbons (Fsp3) is 0.864. The zero-order valence-electron chi connectivity index (χ0n) is 32.1. The molecule has 0 unspecified atom stereocenters. The molecule has 0 fully saturated rings. The number of benzene rings is 1. The first-order valence-corrected chi connectivity index (χ1v) is 21.7. The van der Waals surface area contributed by atoms with Crippen molar-refractivity contribution in [2.24, 2.45) is 0 Å². The molecule has 270 valence electrons. The molecule has 0 saturated carbocycles. The van der Waals surface area contributed by atoms with Gasteiger partial charge in [-0.2, -0.15) is 0 Å². The summed E-state index contributed by atoms with van der Waals surface area (Å²) in [5.41, 5.74) is 3.07. The minimum absolute atomic E-state index is 0.151. The van der Waals surface area contributed by atoms with Gasteiger partial charge in [-0.15, -0.1) is 0 Å². The molecule has 0 N–H and O–H groups in total. The fourth-order valence-corrected chi connectivity index (χ4v) is 8.93. The van der Waals surface area contributed by atoms with Crippen LogP contribution >= 0.6 is 23.2 Å². The highest BCUT2D eigenvalue weighted by atomic mass is 35.5. The van der Waals surface area contributed by atoms with Gasteiger partial charge in [0.05, 0.1) is 10.0 Å². The maximum Gasteiger partial charge on any atom is 0.0632 e. The third-order valence-corrected chi connectivity index (χ3v) is 12.2. The predicted octanol–water partition coefficient (Wildman–Crippen LogP) is 17.3. The summed E-state index contributed by atoms with van der Waals surface area (Å²) in [5, 5.41) is 1.82. The van der Waals surface area contributed by atoms with Crippen molar-refractivity contribution >= 4 is 23.2 Å². The lowest BCUT2D eigenvalue weighted by atomic mass is 9.66. The normalized spacial score (nSPS) is 12.3. The summed E-state index contributed by atoms with van der Waals surface area (Å²) in [6.45, 7) is 14.0. The van der Waals surface area contributed by atoms with Gasteiger partial charge in [0.1, 0.15) is 0 Å². The summed E-state index contributed by atoms with van der Waals surface area (Å²) in [4.78, 5) is 0. The van der Waals surface area contributed by atoms with E-state index in [-0.39, 0.29) is 10.8 Å². The van der Waals surface area contributed by atoms with Crippen LogP contribution in [0.4, 0.5) is 0 Å². The zero-order valence-corrected chi connectivity index (χ0v) is 33.6. The molecule has 46 heavy (non-hydrogen) atoms. The van der Waals surface area contributed by atoms with Gasteiger partial charge < -0.3 is 0 Å². The van der Waals surface area contributed by atoms with Gasteiger partial charge in [0, 0.05) is 0 Å². The highest BCUT2D eigenvalue weighted by Gasteiger charge is 2.37. The number of halogens is 2. The summed E-state index contributed by atoms with van der Waals surface area (Å²) >= 11 is 15.2. The Hall–Kier alpha value is -0.200. The van der Waals surface area contributed by atoms with Crippen molar-refractivity contribution in [3.63, 3.8) is 0 Å². The van der Waals surface area contributed by atoms with E-state index in [1.54, 1.807) is 0 Å². The van der Waals surface area contributed by atoms with E-state index in [0.717, 1.165) is 10.0 Å². The minimum Gasteiger partial charge on any atom is -0.0824 e. The van der Waals surface area contributed by atoms with Crippen LogP contribution in [0.25, 0.3) is 0 Å². The Bertz CT molecular complexity index is 780. The van der Waals surface area contributed by atoms with Crippen molar-refractivity contribution in [3.05, 3.63) is 33.3 Å². The third-order valence-electron chi connectivity index (χ3n) is 11.3. The molecule has 0 amide bonds. The van der Waals surface area contributed by atoms with Gasteiger partial charge in [-0.05, 0) is 60.5 Å². The van der Waals surface area contributed by atoms with Gasteiger partial charge in [-0.25, -0.2) is 0 Å². The predicted molar refractivity (Wildman–Crippen MR) is 212 cm³/mol. The average molecular weight is 680 g/mol. The summed E-state index contributed by atoms with van der Waals surface area (Å²) in [6.07, 6.45) is 39.4. The van der Waals surface area contributed by atoms with E-state index in [1.807, 2.05) is 0 Å². The first-order valence-electron chi connectivity index (χ1n) is 20.9. The molecule has 1 aromatic rings. The topological polar surface area (TPSA) is 0 Å². The maximum absolute atomic E-state index is 7.60. The second kappa shape index (κ2) is 27.6. The molecule has 0 aliphatic rings. The highest BCUT2D eigenvalue weighted by molar-refractivity contribution is 6.43. The Kier molecular flexibility index (Phi) is 26.3. The average Bonchev–Trinajstić information content (AvgIpc) is 3.06. The van der Waals surface area contributed by atoms with E-state index in [9.17, 15) is 0 Å². The molecule has 1 aromatic carbocycles. The number of hydrogen-bond donors (Lipinski definition) is 0. The van der Waals surface area contributed by atoms with E-state index < -0.39 is 0 Å². The fourth-order valence-electron chi connectivity index (χ4n) is 8.20. The van der Waals surface area contributed by atoms with Gasteiger partial charge in [0.15, 0.2) is 0 Å². The van der Waals surface area contributed by atoms with Gasteiger partial charge in [-0.1, -0.05) is 231 Å². The summed E-state index contributed by atoms with van der Waals surface area (Å²) in [5.74, 6) is 0. The Balaban J connectivity index is 3.55. The van der Waals surface area contributed by atoms with E-state index in [1.165, 1.54) is 204 Å². The molecule has 0 aliphatic heterocycles. The summed E-state index contributed by atoms with van der Waals surface area (Å²) in [7, 11) is 0. The lowest BCUT2D eigenvalue weighted by Gasteiger charge is -2.39. The number of rotatable bonds is 32. The molecule has 0 bridgehead atoms. The van der Waals surface area contributed by atoms with Crippen molar-refractivity contribution in [1.82, 2.24) is 0 Å². The summed E-state index contributed by atoms with van der Waals surface area (Å²) < 4.78 is 0. The van der Waals surface area contributed by atoms with E-state index in [0.29, 0.717) is 0 Å². The lowest BCUT2D eigenvalue weighted by Crippen LogP contribution is -2.30. The van der Waals surface area contributed by atoms with Crippen LogP contribution in [-0.4, -0.2) is 0 Å². The third kappa shape index (κ3) is 16.0. The first-order chi connectivity index (χ1) is 22.4. The highest BCUT2D eigenvalue weighted by Crippen LogP contribution is 2.50. The zero-order chi connectivity index (χ0) is 33.9. The Morgan fingerprint density at radius 1 is 0.326 bits per heavy atom. The largest absolute Gasteiger partial charge is 0.0824 e. The van der Waals surface area contributed by atoms with Crippen LogP contribution < -0.4 is 0 Å². The van der Waals surface area contributed by atoms with E-state index in [2.05, 4.69) is 53.7 Å². The Labute approximate surface area is 300 Å². The van der Waals surface area contributed by atoms with Crippen molar-refractivity contribution in [2.75, 3.05) is 0 Å². The molecule has 0 atom stereocenters. The molecule has 0 heterocycles. The minimum atomic E-state index is 0.151. The van der Waals surface area contributed by atoms with Crippen LogP contribution in [0.5, 0.6) is 0 Å². The molecule has 0 aromatic heterocycles. The SMILES string of the molecule is CCCCCCCCC(CCCCCCCC)(CCCCCCCC)c1ccc(C(CCCC)(CCCC)CCCC)c(Cl)c1Cl. The van der Waals surface area contributed by atoms with Crippen LogP contribution in [0.3, 0.4) is 0 Å². The Morgan fingerprint density at radius 2 is 0.543 bits per heavy atom.